The van der Waals surface area contributed by atoms with E-state index in [-0.39, 0.29) is 35.7 Å². The van der Waals surface area contributed by atoms with Crippen molar-refractivity contribution < 1.29 is 29.3 Å². The maximum atomic E-state index is 13.0. The van der Waals surface area contributed by atoms with Gasteiger partial charge in [0, 0.05) is 24.0 Å². The molecule has 1 aliphatic heterocycles. The maximum absolute atomic E-state index is 13.0. The van der Waals surface area contributed by atoms with Crippen molar-refractivity contribution in [2.45, 2.75) is 25.2 Å². The quantitative estimate of drug-likeness (QED) is 0.351. The van der Waals surface area contributed by atoms with E-state index in [1.807, 2.05) is 30.3 Å². The third-order valence-corrected chi connectivity index (χ3v) is 5.49. The van der Waals surface area contributed by atoms with Crippen LogP contribution in [-0.2, 0) is 11.2 Å². The molecule has 158 valence electrons. The monoisotopic (exact) mass is 418 g/mol. The number of rotatable bonds is 6. The van der Waals surface area contributed by atoms with Gasteiger partial charge in [0.15, 0.2) is 11.5 Å². The number of carbonyl (C=O) groups is 2. The molecule has 0 aromatic heterocycles. The van der Waals surface area contributed by atoms with Crippen molar-refractivity contribution >= 4 is 11.8 Å². The minimum Gasteiger partial charge on any atom is -0.507 e. The van der Waals surface area contributed by atoms with Crippen molar-refractivity contribution in [2.75, 3.05) is 7.11 Å². The molecule has 4 rings (SSSR count). The summed E-state index contributed by atoms with van der Waals surface area (Å²) in [5.41, 5.74) is 2.00. The van der Waals surface area contributed by atoms with Crippen molar-refractivity contribution in [1.82, 2.24) is 0 Å². The van der Waals surface area contributed by atoms with Crippen molar-refractivity contribution in [3.05, 3.63) is 82.9 Å². The minimum absolute atomic E-state index is 0.00924. The van der Waals surface area contributed by atoms with Gasteiger partial charge in [0.1, 0.15) is 22.8 Å². The Balaban J connectivity index is 1.73. The zero-order valence-corrected chi connectivity index (χ0v) is 17.0. The summed E-state index contributed by atoms with van der Waals surface area (Å²) >= 11 is 0. The van der Waals surface area contributed by atoms with Crippen LogP contribution in [0.2, 0.25) is 0 Å². The third kappa shape index (κ3) is 4.10. The molecule has 1 atom stereocenters. The molecule has 1 heterocycles. The number of ketones is 1. The van der Waals surface area contributed by atoms with E-state index < -0.39 is 17.6 Å². The number of carbonyl (C=O) groups excluding carboxylic acids is 2. The van der Waals surface area contributed by atoms with Gasteiger partial charge >= 0.3 is 5.97 Å². The number of hydrogen-bond donors (Lipinski definition) is 2. The second-order valence-corrected chi connectivity index (χ2v) is 7.45. The van der Waals surface area contributed by atoms with Crippen molar-refractivity contribution in [1.29, 1.82) is 0 Å². The Kier molecular flexibility index (Phi) is 5.62. The van der Waals surface area contributed by atoms with E-state index in [2.05, 4.69) is 0 Å². The van der Waals surface area contributed by atoms with Crippen LogP contribution in [0.1, 0.15) is 45.8 Å². The number of hydrogen-bond acceptors (Lipinski definition) is 6. The van der Waals surface area contributed by atoms with Crippen LogP contribution in [0.15, 0.2) is 60.7 Å². The van der Waals surface area contributed by atoms with Crippen molar-refractivity contribution in [2.24, 2.45) is 0 Å². The fourth-order valence-electron chi connectivity index (χ4n) is 3.93. The largest absolute Gasteiger partial charge is 0.507 e. The predicted octanol–water partition coefficient (Wildman–Crippen LogP) is 4.36. The molecule has 0 amide bonds. The predicted molar refractivity (Wildman–Crippen MR) is 114 cm³/mol. The summed E-state index contributed by atoms with van der Waals surface area (Å²) in [6, 6.07) is 17.8. The molecule has 1 aliphatic rings. The molecule has 3 aromatic carbocycles. The number of fused-ring (bicyclic) bond motifs is 1. The second-order valence-electron chi connectivity index (χ2n) is 7.45. The van der Waals surface area contributed by atoms with Gasteiger partial charge in [-0.2, -0.15) is 0 Å². The minimum atomic E-state index is -0.532. The molecule has 2 N–H and O–H groups in total. The molecule has 0 fully saturated rings. The Morgan fingerprint density at radius 2 is 1.77 bits per heavy atom. The van der Waals surface area contributed by atoms with Gasteiger partial charge < -0.3 is 19.7 Å². The number of methoxy groups -OCH3 is 1. The Morgan fingerprint density at radius 1 is 1.06 bits per heavy atom. The highest BCUT2D eigenvalue weighted by Crippen LogP contribution is 2.49. The number of phenols is 2. The van der Waals surface area contributed by atoms with Crippen molar-refractivity contribution in [3.8, 4) is 23.0 Å². The molecule has 31 heavy (non-hydrogen) atoms. The highest BCUT2D eigenvalue weighted by atomic mass is 16.5. The first-order valence-corrected chi connectivity index (χ1v) is 9.98. The lowest BCUT2D eigenvalue weighted by molar-refractivity contribution is -0.135. The second kappa shape index (κ2) is 8.52. The first kappa shape index (κ1) is 20.5. The van der Waals surface area contributed by atoms with Crippen LogP contribution in [0.4, 0.5) is 0 Å². The first-order chi connectivity index (χ1) is 15.0. The molecule has 6 nitrogen and oxygen atoms in total. The summed E-state index contributed by atoms with van der Waals surface area (Å²) in [6.07, 6.45) is 0.611. The van der Waals surface area contributed by atoms with Gasteiger partial charge in [-0.05, 0) is 29.7 Å². The molecule has 6 heteroatoms. The van der Waals surface area contributed by atoms with Gasteiger partial charge in [0.05, 0.1) is 13.5 Å². The van der Waals surface area contributed by atoms with Gasteiger partial charge in [0.2, 0.25) is 0 Å². The summed E-state index contributed by atoms with van der Waals surface area (Å²) in [7, 11) is 1.56. The molecule has 0 radical (unpaired) electrons. The fraction of sp³-hybridized carbons (Fsp3) is 0.200. The molecule has 1 unspecified atom stereocenters. The van der Waals surface area contributed by atoms with Crippen LogP contribution in [0, 0.1) is 0 Å². The summed E-state index contributed by atoms with van der Waals surface area (Å²) < 4.78 is 10.6. The van der Waals surface area contributed by atoms with Crippen LogP contribution in [0.5, 0.6) is 23.0 Å². The third-order valence-electron chi connectivity index (χ3n) is 5.49. The topological polar surface area (TPSA) is 93.1 Å². The Labute approximate surface area is 179 Å². The average molecular weight is 418 g/mol. The number of ether oxygens (including phenoxy) is 2. The maximum Gasteiger partial charge on any atom is 0.312 e. The summed E-state index contributed by atoms with van der Waals surface area (Å²) in [5.74, 6) is -1.43. The number of benzene rings is 3. The Morgan fingerprint density at radius 3 is 2.45 bits per heavy atom. The van der Waals surface area contributed by atoms with E-state index in [1.54, 1.807) is 31.4 Å². The standard InChI is InChI=1S/C25H22O6/c1-30-17-10-8-16(9-11-17)18-13-22(29)31-25-23(18)20(27)14-21(28)24(25)19(26)12-7-15-5-3-2-4-6-15/h2-6,8-11,14,18,27-28H,7,12-13H2,1H3. The Hall–Kier alpha value is -3.80. The van der Waals surface area contributed by atoms with E-state index in [9.17, 15) is 19.8 Å². The van der Waals surface area contributed by atoms with Gasteiger partial charge in [-0.15, -0.1) is 0 Å². The molecule has 0 saturated carbocycles. The van der Waals surface area contributed by atoms with Gasteiger partial charge in [-0.25, -0.2) is 0 Å². The Bertz CT molecular complexity index is 1120. The van der Waals surface area contributed by atoms with Crippen molar-refractivity contribution in [3.63, 3.8) is 0 Å². The van der Waals surface area contributed by atoms with E-state index in [4.69, 9.17) is 9.47 Å². The number of Topliss-reactive ketones (excluding diaryl/α,β-unsaturated/α-hetero) is 1. The van der Waals surface area contributed by atoms with Crippen LogP contribution in [-0.4, -0.2) is 29.1 Å². The van der Waals surface area contributed by atoms with Crippen LogP contribution in [0.3, 0.4) is 0 Å². The average Bonchev–Trinajstić information content (AvgIpc) is 2.77. The molecule has 3 aromatic rings. The van der Waals surface area contributed by atoms with E-state index in [1.165, 1.54) is 0 Å². The van der Waals surface area contributed by atoms with E-state index >= 15 is 0 Å². The van der Waals surface area contributed by atoms with Gasteiger partial charge in [-0.3, -0.25) is 9.59 Å². The molecule has 0 aliphatic carbocycles. The zero-order chi connectivity index (χ0) is 22.0. The highest BCUT2D eigenvalue weighted by Gasteiger charge is 2.36. The lowest BCUT2D eigenvalue weighted by Crippen LogP contribution is -2.23. The first-order valence-electron chi connectivity index (χ1n) is 9.98. The number of esters is 1. The van der Waals surface area contributed by atoms with E-state index in [0.29, 0.717) is 17.7 Å². The molecule has 0 bridgehead atoms. The van der Waals surface area contributed by atoms with Crippen LogP contribution >= 0.6 is 0 Å². The van der Waals surface area contributed by atoms with Crippen LogP contribution in [0.25, 0.3) is 0 Å². The summed E-state index contributed by atoms with van der Waals surface area (Å²) in [6.45, 7) is 0. The molecule has 0 saturated heterocycles. The smallest absolute Gasteiger partial charge is 0.312 e. The van der Waals surface area contributed by atoms with E-state index in [0.717, 1.165) is 17.2 Å². The normalized spacial score (nSPS) is 15.1. The lowest BCUT2D eigenvalue weighted by atomic mass is 9.83. The summed E-state index contributed by atoms with van der Waals surface area (Å²) in [5, 5.41) is 21.0. The zero-order valence-electron chi connectivity index (χ0n) is 17.0. The van der Waals surface area contributed by atoms with Crippen LogP contribution < -0.4 is 9.47 Å². The highest BCUT2D eigenvalue weighted by molar-refractivity contribution is 6.03. The van der Waals surface area contributed by atoms with Gasteiger partial charge in [-0.1, -0.05) is 42.5 Å². The molecular weight excluding hydrogens is 396 g/mol. The fourth-order valence-corrected chi connectivity index (χ4v) is 3.93. The van der Waals surface area contributed by atoms with Gasteiger partial charge in [0.25, 0.3) is 0 Å². The lowest BCUT2D eigenvalue weighted by Gasteiger charge is -2.27. The molecule has 0 spiro atoms. The number of aromatic hydroxyl groups is 2. The number of phenolic OH excluding ortho intramolecular Hbond substituents is 2. The summed E-state index contributed by atoms with van der Waals surface area (Å²) in [4.78, 5) is 25.4. The molecular formula is C25H22O6. The number of aryl methyl sites for hydroxylation is 1. The SMILES string of the molecule is COc1ccc(C2CC(=O)Oc3c(C(=O)CCc4ccccc4)c(O)cc(O)c32)cc1.